The lowest BCUT2D eigenvalue weighted by molar-refractivity contribution is -0.141. The molecule has 0 spiro atoms. The third-order valence-corrected chi connectivity index (χ3v) is 6.32. The molecule has 1 unspecified atom stereocenters. The number of aryl methyl sites for hydroxylation is 1. The van der Waals surface area contributed by atoms with Crippen LogP contribution in [0.25, 0.3) is 5.76 Å². The van der Waals surface area contributed by atoms with Gasteiger partial charge in [0.1, 0.15) is 17.3 Å². The molecule has 162 valence electrons. The molecule has 0 aromatic heterocycles. The molecular formula is C25H26FNO4. The second kappa shape index (κ2) is 8.53. The van der Waals surface area contributed by atoms with E-state index in [0.717, 1.165) is 49.3 Å². The highest BCUT2D eigenvalue weighted by Crippen LogP contribution is 2.44. The second-order valence-corrected chi connectivity index (χ2v) is 8.08. The van der Waals surface area contributed by atoms with Crippen LogP contribution in [0.3, 0.4) is 0 Å². The maximum Gasteiger partial charge on any atom is 0.295 e. The second-order valence-electron chi connectivity index (χ2n) is 8.08. The van der Waals surface area contributed by atoms with E-state index in [1.165, 1.54) is 19.2 Å². The molecule has 1 atom stereocenters. The number of methoxy groups -OCH3 is 1. The lowest BCUT2D eigenvalue weighted by Gasteiger charge is -2.31. The Labute approximate surface area is 181 Å². The molecule has 2 aliphatic rings. The number of hydrogen-bond acceptors (Lipinski definition) is 4. The van der Waals surface area contributed by atoms with Crippen molar-refractivity contribution >= 4 is 17.4 Å². The number of aliphatic hydroxyl groups is 1. The van der Waals surface area contributed by atoms with Gasteiger partial charge >= 0.3 is 0 Å². The Morgan fingerprint density at radius 3 is 2.42 bits per heavy atom. The van der Waals surface area contributed by atoms with E-state index in [9.17, 15) is 19.1 Å². The maximum atomic E-state index is 14.0. The van der Waals surface area contributed by atoms with E-state index in [-0.39, 0.29) is 22.9 Å². The van der Waals surface area contributed by atoms with Crippen LogP contribution in [0.2, 0.25) is 0 Å². The monoisotopic (exact) mass is 423 g/mol. The number of aliphatic hydroxyl groups excluding tert-OH is 1. The van der Waals surface area contributed by atoms with E-state index in [1.54, 1.807) is 4.90 Å². The molecular weight excluding hydrogens is 397 g/mol. The number of halogens is 1. The van der Waals surface area contributed by atoms with Crippen molar-refractivity contribution in [2.24, 2.45) is 0 Å². The molecule has 1 amide bonds. The Bertz CT molecular complexity index is 1040. The van der Waals surface area contributed by atoms with Crippen molar-refractivity contribution in [3.63, 3.8) is 0 Å². The van der Waals surface area contributed by atoms with Crippen LogP contribution in [-0.2, 0) is 16.0 Å². The van der Waals surface area contributed by atoms with Crippen molar-refractivity contribution in [1.82, 2.24) is 4.90 Å². The van der Waals surface area contributed by atoms with Crippen LogP contribution in [0.4, 0.5) is 4.39 Å². The standard InChI is InChI=1S/C25H26FNO4/c1-3-15-8-10-16(11-9-15)22-21(23(28)19-14-17(26)12-13-20(19)31-2)24(29)25(30)27(22)18-6-4-5-7-18/h8-14,18,22,28H,3-7H2,1-2H3/b23-21+. The smallest absolute Gasteiger partial charge is 0.295 e. The number of ketones is 1. The van der Waals surface area contributed by atoms with Gasteiger partial charge in [0.2, 0.25) is 0 Å². The van der Waals surface area contributed by atoms with Crippen LogP contribution in [0.15, 0.2) is 48.0 Å². The molecule has 31 heavy (non-hydrogen) atoms. The number of carbonyl (C=O) groups excluding carboxylic acids is 2. The van der Waals surface area contributed by atoms with Gasteiger partial charge in [0.05, 0.1) is 24.3 Å². The SMILES string of the molecule is CCc1ccc(C2/C(=C(\O)c3cc(F)ccc3OC)C(=O)C(=O)N2C2CCCC2)cc1. The summed E-state index contributed by atoms with van der Waals surface area (Å²) in [5.74, 6) is -2.13. The Balaban J connectivity index is 1.91. The van der Waals surface area contributed by atoms with Gasteiger partial charge in [-0.25, -0.2) is 4.39 Å². The number of carbonyl (C=O) groups is 2. The average molecular weight is 423 g/mol. The lowest BCUT2D eigenvalue weighted by Crippen LogP contribution is -2.37. The fraction of sp³-hybridized carbons (Fsp3) is 0.360. The summed E-state index contributed by atoms with van der Waals surface area (Å²) in [5.41, 5.74) is 1.92. The topological polar surface area (TPSA) is 66.8 Å². The normalized spacial score (nSPS) is 21.1. The molecule has 1 heterocycles. The summed E-state index contributed by atoms with van der Waals surface area (Å²) in [7, 11) is 1.40. The number of likely N-dealkylation sites (tertiary alicyclic amines) is 1. The highest BCUT2D eigenvalue weighted by molar-refractivity contribution is 6.46. The summed E-state index contributed by atoms with van der Waals surface area (Å²) in [6, 6.07) is 10.7. The first-order chi connectivity index (χ1) is 15.0. The van der Waals surface area contributed by atoms with E-state index in [2.05, 4.69) is 6.92 Å². The molecule has 1 aliphatic carbocycles. The van der Waals surface area contributed by atoms with E-state index >= 15 is 0 Å². The van der Waals surface area contributed by atoms with Gasteiger partial charge in [-0.05, 0) is 48.6 Å². The third kappa shape index (κ3) is 3.71. The van der Waals surface area contributed by atoms with Crippen molar-refractivity contribution in [2.75, 3.05) is 7.11 Å². The number of Topliss-reactive ketones (excluding diaryl/α,β-unsaturated/α-hetero) is 1. The van der Waals surface area contributed by atoms with Gasteiger partial charge in [0, 0.05) is 6.04 Å². The number of benzene rings is 2. The molecule has 2 aromatic carbocycles. The lowest BCUT2D eigenvalue weighted by atomic mass is 9.93. The van der Waals surface area contributed by atoms with Gasteiger partial charge in [-0.15, -0.1) is 0 Å². The van der Waals surface area contributed by atoms with E-state index in [4.69, 9.17) is 4.74 Å². The fourth-order valence-corrected chi connectivity index (χ4v) is 4.68. The van der Waals surface area contributed by atoms with Crippen molar-refractivity contribution in [2.45, 2.75) is 51.1 Å². The van der Waals surface area contributed by atoms with Gasteiger partial charge in [-0.1, -0.05) is 44.0 Å². The van der Waals surface area contributed by atoms with Crippen molar-refractivity contribution < 1.29 is 23.8 Å². The van der Waals surface area contributed by atoms with E-state index in [1.807, 2.05) is 24.3 Å². The molecule has 1 aliphatic heterocycles. The Kier molecular flexibility index (Phi) is 5.81. The predicted molar refractivity (Wildman–Crippen MR) is 115 cm³/mol. The molecule has 1 N–H and O–H groups in total. The molecule has 0 radical (unpaired) electrons. The van der Waals surface area contributed by atoms with Crippen LogP contribution in [0, 0.1) is 5.82 Å². The van der Waals surface area contributed by atoms with Crippen LogP contribution in [0.5, 0.6) is 5.75 Å². The van der Waals surface area contributed by atoms with Gasteiger partial charge in [0.25, 0.3) is 11.7 Å². The van der Waals surface area contributed by atoms with Gasteiger partial charge in [-0.2, -0.15) is 0 Å². The minimum atomic E-state index is -0.750. The van der Waals surface area contributed by atoms with E-state index in [0.29, 0.717) is 0 Å². The summed E-state index contributed by atoms with van der Waals surface area (Å²) in [6.45, 7) is 2.05. The first-order valence-corrected chi connectivity index (χ1v) is 10.7. The largest absolute Gasteiger partial charge is 0.507 e. The fourth-order valence-electron chi connectivity index (χ4n) is 4.68. The molecule has 1 saturated heterocycles. The summed E-state index contributed by atoms with van der Waals surface area (Å²) < 4.78 is 19.2. The highest BCUT2D eigenvalue weighted by atomic mass is 19.1. The number of rotatable bonds is 5. The molecule has 5 nitrogen and oxygen atoms in total. The molecule has 2 fully saturated rings. The van der Waals surface area contributed by atoms with Gasteiger partial charge < -0.3 is 14.7 Å². The number of ether oxygens (including phenoxy) is 1. The van der Waals surface area contributed by atoms with Gasteiger partial charge in [0.15, 0.2) is 0 Å². The maximum absolute atomic E-state index is 14.0. The molecule has 6 heteroatoms. The van der Waals surface area contributed by atoms with Crippen molar-refractivity contribution in [1.29, 1.82) is 0 Å². The zero-order valence-corrected chi connectivity index (χ0v) is 17.7. The quantitative estimate of drug-likeness (QED) is 0.428. The third-order valence-electron chi connectivity index (χ3n) is 6.32. The molecule has 0 bridgehead atoms. The average Bonchev–Trinajstić information content (AvgIpc) is 3.40. The highest BCUT2D eigenvalue weighted by Gasteiger charge is 2.49. The number of amides is 1. The van der Waals surface area contributed by atoms with Crippen LogP contribution < -0.4 is 4.74 Å². The summed E-state index contributed by atoms with van der Waals surface area (Å²) in [6.07, 6.45) is 4.49. The Morgan fingerprint density at radius 2 is 1.81 bits per heavy atom. The van der Waals surface area contributed by atoms with Crippen LogP contribution in [-0.4, -0.2) is 34.8 Å². The zero-order chi connectivity index (χ0) is 22.1. The van der Waals surface area contributed by atoms with E-state index < -0.39 is 29.3 Å². The van der Waals surface area contributed by atoms with Crippen LogP contribution in [0.1, 0.15) is 55.3 Å². The molecule has 1 saturated carbocycles. The zero-order valence-electron chi connectivity index (χ0n) is 17.7. The molecule has 4 rings (SSSR count). The number of nitrogens with zero attached hydrogens (tertiary/aromatic N) is 1. The Hall–Kier alpha value is -3.15. The summed E-state index contributed by atoms with van der Waals surface area (Å²) >= 11 is 0. The minimum absolute atomic E-state index is 0.0231. The molecule has 2 aromatic rings. The van der Waals surface area contributed by atoms with Gasteiger partial charge in [-0.3, -0.25) is 9.59 Å². The number of hydrogen-bond donors (Lipinski definition) is 1. The minimum Gasteiger partial charge on any atom is -0.507 e. The first-order valence-electron chi connectivity index (χ1n) is 10.7. The van der Waals surface area contributed by atoms with Crippen molar-refractivity contribution in [3.05, 3.63) is 70.5 Å². The first kappa shape index (κ1) is 21.1. The summed E-state index contributed by atoms with van der Waals surface area (Å²) in [4.78, 5) is 27.8. The summed E-state index contributed by atoms with van der Waals surface area (Å²) in [5, 5.41) is 11.2. The Morgan fingerprint density at radius 1 is 1.13 bits per heavy atom. The predicted octanol–water partition coefficient (Wildman–Crippen LogP) is 4.76. The van der Waals surface area contributed by atoms with Crippen molar-refractivity contribution in [3.8, 4) is 5.75 Å². The van der Waals surface area contributed by atoms with Crippen LogP contribution >= 0.6 is 0 Å².